The van der Waals surface area contributed by atoms with E-state index in [1.807, 2.05) is 0 Å². The SMILES string of the molecule is CCOC(=O)CN(c1cc(O)ccc1C)S(N)(=O)=O. The highest BCUT2D eigenvalue weighted by Gasteiger charge is 2.23. The van der Waals surface area contributed by atoms with Gasteiger partial charge in [0.2, 0.25) is 0 Å². The molecule has 0 aliphatic rings. The van der Waals surface area contributed by atoms with Crippen LogP contribution in [0, 0.1) is 6.92 Å². The molecule has 0 aliphatic heterocycles. The number of esters is 1. The van der Waals surface area contributed by atoms with E-state index in [-0.39, 0.29) is 18.0 Å². The first-order valence-electron chi connectivity index (χ1n) is 5.51. The Bertz CT molecular complexity index is 570. The lowest BCUT2D eigenvalue weighted by Crippen LogP contribution is -2.41. The third-order valence-corrected chi connectivity index (χ3v) is 3.29. The van der Waals surface area contributed by atoms with E-state index in [1.165, 1.54) is 18.2 Å². The summed E-state index contributed by atoms with van der Waals surface area (Å²) < 4.78 is 28.5. The fourth-order valence-corrected chi connectivity index (χ4v) is 2.26. The zero-order valence-electron chi connectivity index (χ0n) is 10.7. The molecule has 0 saturated carbocycles. The molecular formula is C11H16N2O5S. The standard InChI is InChI=1S/C11H16N2O5S/c1-3-18-11(15)7-13(19(12,16)17)10-6-9(14)5-4-8(10)2/h4-6,14H,3,7H2,1-2H3,(H2,12,16,17). The van der Waals surface area contributed by atoms with Gasteiger partial charge >= 0.3 is 5.97 Å². The number of phenolic OH excluding ortho intramolecular Hbond substituents is 1. The summed E-state index contributed by atoms with van der Waals surface area (Å²) in [6.07, 6.45) is 0. The molecule has 0 saturated heterocycles. The van der Waals surface area contributed by atoms with Gasteiger partial charge in [0, 0.05) is 6.07 Å². The predicted molar refractivity (Wildman–Crippen MR) is 69.9 cm³/mol. The molecular weight excluding hydrogens is 272 g/mol. The van der Waals surface area contributed by atoms with Crippen LogP contribution in [0.4, 0.5) is 5.69 Å². The number of benzene rings is 1. The minimum Gasteiger partial charge on any atom is -0.508 e. The number of anilines is 1. The molecule has 1 aromatic rings. The maximum Gasteiger partial charge on any atom is 0.326 e. The Morgan fingerprint density at radius 2 is 2.11 bits per heavy atom. The Kier molecular flexibility index (Phi) is 4.73. The Morgan fingerprint density at radius 1 is 1.47 bits per heavy atom. The number of ether oxygens (including phenoxy) is 1. The summed E-state index contributed by atoms with van der Waals surface area (Å²) >= 11 is 0. The van der Waals surface area contributed by atoms with Crippen LogP contribution in [0.1, 0.15) is 12.5 Å². The average molecular weight is 288 g/mol. The topological polar surface area (TPSA) is 110 Å². The second kappa shape index (κ2) is 5.89. The van der Waals surface area contributed by atoms with Crippen molar-refractivity contribution in [3.05, 3.63) is 23.8 Å². The molecule has 0 radical (unpaired) electrons. The van der Waals surface area contributed by atoms with Gasteiger partial charge in [0.15, 0.2) is 0 Å². The number of carbonyl (C=O) groups is 1. The fourth-order valence-electron chi connectivity index (χ4n) is 1.50. The predicted octanol–water partition coefficient (Wildman–Crippen LogP) is 0.274. The van der Waals surface area contributed by atoms with Crippen molar-refractivity contribution in [3.63, 3.8) is 0 Å². The number of phenols is 1. The first-order chi connectivity index (χ1) is 8.75. The quantitative estimate of drug-likeness (QED) is 0.756. The van der Waals surface area contributed by atoms with Crippen LogP contribution in [-0.2, 0) is 19.7 Å². The van der Waals surface area contributed by atoms with Gasteiger partial charge in [0.1, 0.15) is 12.3 Å². The van der Waals surface area contributed by atoms with Crippen molar-refractivity contribution in [2.24, 2.45) is 5.14 Å². The zero-order chi connectivity index (χ0) is 14.6. The molecule has 7 nitrogen and oxygen atoms in total. The molecule has 0 atom stereocenters. The summed E-state index contributed by atoms with van der Waals surface area (Å²) in [6, 6.07) is 4.15. The number of aromatic hydroxyl groups is 1. The van der Waals surface area contributed by atoms with Gasteiger partial charge in [-0.05, 0) is 25.5 Å². The molecule has 3 N–H and O–H groups in total. The van der Waals surface area contributed by atoms with Gasteiger partial charge in [-0.15, -0.1) is 0 Å². The number of hydrogen-bond acceptors (Lipinski definition) is 5. The summed E-state index contributed by atoms with van der Waals surface area (Å²) in [5.74, 6) is -0.850. The summed E-state index contributed by atoms with van der Waals surface area (Å²) in [4.78, 5) is 11.4. The highest BCUT2D eigenvalue weighted by atomic mass is 32.2. The van der Waals surface area contributed by atoms with E-state index in [0.29, 0.717) is 9.87 Å². The maximum absolute atomic E-state index is 11.5. The van der Waals surface area contributed by atoms with Crippen LogP contribution in [0.5, 0.6) is 5.75 Å². The van der Waals surface area contributed by atoms with Crippen LogP contribution in [0.3, 0.4) is 0 Å². The van der Waals surface area contributed by atoms with E-state index in [0.717, 1.165) is 0 Å². The molecule has 0 unspecified atom stereocenters. The van der Waals surface area contributed by atoms with Gasteiger partial charge < -0.3 is 9.84 Å². The average Bonchev–Trinajstić information content (AvgIpc) is 2.28. The molecule has 1 aromatic carbocycles. The third kappa shape index (κ3) is 4.11. The lowest BCUT2D eigenvalue weighted by Gasteiger charge is -2.22. The van der Waals surface area contributed by atoms with Crippen LogP contribution < -0.4 is 9.44 Å². The molecule has 0 bridgehead atoms. The second-order valence-corrected chi connectivity index (χ2v) is 5.30. The van der Waals surface area contributed by atoms with E-state index in [4.69, 9.17) is 9.88 Å². The molecule has 0 amide bonds. The van der Waals surface area contributed by atoms with Crippen molar-refractivity contribution in [3.8, 4) is 5.75 Å². The molecule has 1 rings (SSSR count). The van der Waals surface area contributed by atoms with Crippen LogP contribution in [-0.4, -0.2) is 32.6 Å². The van der Waals surface area contributed by atoms with Crippen molar-refractivity contribution in [2.45, 2.75) is 13.8 Å². The van der Waals surface area contributed by atoms with E-state index < -0.39 is 22.7 Å². The van der Waals surface area contributed by atoms with E-state index in [1.54, 1.807) is 13.8 Å². The summed E-state index contributed by atoms with van der Waals surface area (Å²) in [5.41, 5.74) is 0.687. The van der Waals surface area contributed by atoms with E-state index in [9.17, 15) is 18.3 Å². The van der Waals surface area contributed by atoms with Crippen molar-refractivity contribution in [1.82, 2.24) is 0 Å². The van der Waals surface area contributed by atoms with Gasteiger partial charge in [-0.1, -0.05) is 6.07 Å². The molecule has 8 heteroatoms. The maximum atomic E-state index is 11.5. The number of nitrogens with zero attached hydrogens (tertiary/aromatic N) is 1. The second-order valence-electron chi connectivity index (χ2n) is 3.83. The highest BCUT2D eigenvalue weighted by molar-refractivity contribution is 7.90. The van der Waals surface area contributed by atoms with E-state index in [2.05, 4.69) is 0 Å². The van der Waals surface area contributed by atoms with Gasteiger partial charge in [-0.25, -0.2) is 9.44 Å². The van der Waals surface area contributed by atoms with Crippen LogP contribution >= 0.6 is 0 Å². The van der Waals surface area contributed by atoms with Crippen molar-refractivity contribution in [1.29, 1.82) is 0 Å². The number of carbonyl (C=O) groups excluding carboxylic acids is 1. The summed E-state index contributed by atoms with van der Waals surface area (Å²) in [7, 11) is -4.15. The number of aryl methyl sites for hydroxylation is 1. The van der Waals surface area contributed by atoms with Gasteiger partial charge in [-0.3, -0.25) is 4.79 Å². The summed E-state index contributed by atoms with van der Waals surface area (Å²) in [6.45, 7) is 2.84. The molecule has 19 heavy (non-hydrogen) atoms. The molecule has 0 aromatic heterocycles. The Balaban J connectivity index is 3.18. The first kappa shape index (κ1) is 15.3. The van der Waals surface area contributed by atoms with Crippen molar-refractivity contribution < 1.29 is 23.1 Å². The third-order valence-electron chi connectivity index (χ3n) is 2.35. The Morgan fingerprint density at radius 3 is 2.63 bits per heavy atom. The monoisotopic (exact) mass is 288 g/mol. The van der Waals surface area contributed by atoms with Gasteiger partial charge in [0.25, 0.3) is 10.2 Å². The van der Waals surface area contributed by atoms with Crippen LogP contribution in [0.2, 0.25) is 0 Å². The largest absolute Gasteiger partial charge is 0.508 e. The minimum atomic E-state index is -4.15. The lowest BCUT2D eigenvalue weighted by atomic mass is 10.2. The van der Waals surface area contributed by atoms with Crippen molar-refractivity contribution >= 4 is 21.9 Å². The van der Waals surface area contributed by atoms with E-state index >= 15 is 0 Å². The molecule has 0 heterocycles. The minimum absolute atomic E-state index is 0.127. The van der Waals surface area contributed by atoms with Crippen molar-refractivity contribution in [2.75, 3.05) is 17.5 Å². The van der Waals surface area contributed by atoms with Gasteiger partial charge in [-0.2, -0.15) is 8.42 Å². The Hall–Kier alpha value is -1.80. The van der Waals surface area contributed by atoms with Crippen LogP contribution in [0.15, 0.2) is 18.2 Å². The number of hydrogen-bond donors (Lipinski definition) is 2. The lowest BCUT2D eigenvalue weighted by molar-refractivity contribution is -0.141. The van der Waals surface area contributed by atoms with Crippen LogP contribution in [0.25, 0.3) is 0 Å². The molecule has 106 valence electrons. The molecule has 0 aliphatic carbocycles. The number of nitrogens with two attached hydrogens (primary N) is 1. The first-order valence-corrected chi connectivity index (χ1v) is 7.01. The Labute approximate surface area is 111 Å². The highest BCUT2D eigenvalue weighted by Crippen LogP contribution is 2.26. The fraction of sp³-hybridized carbons (Fsp3) is 0.364. The smallest absolute Gasteiger partial charge is 0.326 e. The van der Waals surface area contributed by atoms with Gasteiger partial charge in [0.05, 0.1) is 12.3 Å². The normalized spacial score (nSPS) is 11.1. The molecule has 0 spiro atoms. The summed E-state index contributed by atoms with van der Waals surface area (Å²) in [5, 5.41) is 14.5. The zero-order valence-corrected chi connectivity index (χ0v) is 11.5. The molecule has 0 fully saturated rings. The number of rotatable bonds is 5.